The van der Waals surface area contributed by atoms with Gasteiger partial charge in [0.05, 0.1) is 12.1 Å². The standard InChI is InChI=1S/C17H19ClO2/c1-3-4-5-6-15(19)13-7-9-14-12(11-13)8-10-16(20-2)17(14)18/h7-11H,3-6H2,1-2H3. The van der Waals surface area contributed by atoms with Gasteiger partial charge in [-0.3, -0.25) is 4.79 Å². The molecule has 0 bridgehead atoms. The Labute approximate surface area is 124 Å². The summed E-state index contributed by atoms with van der Waals surface area (Å²) in [7, 11) is 1.60. The van der Waals surface area contributed by atoms with Crippen LogP contribution in [0.2, 0.25) is 5.02 Å². The quantitative estimate of drug-likeness (QED) is 0.535. The van der Waals surface area contributed by atoms with Crippen LogP contribution in [0, 0.1) is 0 Å². The number of hydrogen-bond acceptors (Lipinski definition) is 2. The highest BCUT2D eigenvalue weighted by molar-refractivity contribution is 6.37. The number of rotatable bonds is 6. The Kier molecular flexibility index (Phi) is 5.02. The van der Waals surface area contributed by atoms with E-state index in [0.29, 0.717) is 17.2 Å². The van der Waals surface area contributed by atoms with E-state index in [1.807, 2.05) is 30.3 Å². The summed E-state index contributed by atoms with van der Waals surface area (Å²) in [4.78, 5) is 12.1. The summed E-state index contributed by atoms with van der Waals surface area (Å²) >= 11 is 6.27. The molecule has 20 heavy (non-hydrogen) atoms. The van der Waals surface area contributed by atoms with E-state index in [2.05, 4.69) is 6.92 Å². The molecular formula is C17H19ClO2. The third-order valence-electron chi connectivity index (χ3n) is 3.47. The number of benzene rings is 2. The van der Waals surface area contributed by atoms with E-state index >= 15 is 0 Å². The molecule has 0 aliphatic heterocycles. The number of halogens is 1. The van der Waals surface area contributed by atoms with Crippen molar-refractivity contribution < 1.29 is 9.53 Å². The van der Waals surface area contributed by atoms with Crippen LogP contribution < -0.4 is 4.74 Å². The van der Waals surface area contributed by atoms with Crippen LogP contribution in [0.15, 0.2) is 30.3 Å². The lowest BCUT2D eigenvalue weighted by Gasteiger charge is -2.08. The van der Waals surface area contributed by atoms with Gasteiger partial charge >= 0.3 is 0 Å². The van der Waals surface area contributed by atoms with Gasteiger partial charge in [-0.05, 0) is 23.9 Å². The van der Waals surface area contributed by atoms with Gasteiger partial charge in [-0.2, -0.15) is 0 Å². The van der Waals surface area contributed by atoms with Crippen LogP contribution in [0.1, 0.15) is 43.0 Å². The first-order chi connectivity index (χ1) is 9.67. The zero-order valence-corrected chi connectivity index (χ0v) is 12.7. The van der Waals surface area contributed by atoms with Crippen molar-refractivity contribution in [1.82, 2.24) is 0 Å². The molecule has 0 aliphatic rings. The highest BCUT2D eigenvalue weighted by Crippen LogP contribution is 2.33. The van der Waals surface area contributed by atoms with Gasteiger partial charge in [0.15, 0.2) is 5.78 Å². The third kappa shape index (κ3) is 3.13. The van der Waals surface area contributed by atoms with Gasteiger partial charge in [-0.1, -0.05) is 49.6 Å². The smallest absolute Gasteiger partial charge is 0.162 e. The van der Waals surface area contributed by atoms with Gasteiger partial charge in [0.1, 0.15) is 5.75 Å². The first-order valence-electron chi connectivity index (χ1n) is 6.96. The van der Waals surface area contributed by atoms with Gasteiger partial charge < -0.3 is 4.74 Å². The minimum atomic E-state index is 0.201. The fraction of sp³-hybridized carbons (Fsp3) is 0.353. The second kappa shape index (κ2) is 6.76. The molecule has 0 saturated heterocycles. The van der Waals surface area contributed by atoms with Crippen LogP contribution in [-0.2, 0) is 0 Å². The molecule has 0 radical (unpaired) electrons. The molecule has 2 aromatic carbocycles. The number of Topliss-reactive ketones (excluding diaryl/α,β-unsaturated/α-hetero) is 1. The minimum absolute atomic E-state index is 0.201. The molecule has 0 heterocycles. The zero-order chi connectivity index (χ0) is 14.5. The van der Waals surface area contributed by atoms with Crippen LogP contribution in [-0.4, -0.2) is 12.9 Å². The summed E-state index contributed by atoms with van der Waals surface area (Å²) in [6, 6.07) is 9.42. The van der Waals surface area contributed by atoms with Crippen LogP contribution in [0.4, 0.5) is 0 Å². The van der Waals surface area contributed by atoms with E-state index in [4.69, 9.17) is 16.3 Å². The molecule has 0 saturated carbocycles. The monoisotopic (exact) mass is 290 g/mol. The van der Waals surface area contributed by atoms with Crippen molar-refractivity contribution in [3.05, 3.63) is 40.9 Å². The van der Waals surface area contributed by atoms with Gasteiger partial charge in [-0.15, -0.1) is 0 Å². The lowest BCUT2D eigenvalue weighted by atomic mass is 10.0. The molecule has 2 nitrogen and oxygen atoms in total. The van der Waals surface area contributed by atoms with Crippen LogP contribution in [0.5, 0.6) is 5.75 Å². The first kappa shape index (κ1) is 14.9. The molecule has 0 spiro atoms. The second-order valence-electron chi connectivity index (χ2n) is 4.90. The Bertz CT molecular complexity index is 620. The molecular weight excluding hydrogens is 272 g/mol. The molecule has 2 aromatic rings. The van der Waals surface area contributed by atoms with E-state index in [1.54, 1.807) is 7.11 Å². The summed E-state index contributed by atoms with van der Waals surface area (Å²) in [5.41, 5.74) is 0.759. The lowest BCUT2D eigenvalue weighted by molar-refractivity contribution is 0.0979. The first-order valence-corrected chi connectivity index (χ1v) is 7.34. The molecule has 0 aliphatic carbocycles. The number of fused-ring (bicyclic) bond motifs is 1. The predicted octanol–water partition coefficient (Wildman–Crippen LogP) is 5.26. The molecule has 0 unspecified atom stereocenters. The third-order valence-corrected chi connectivity index (χ3v) is 3.86. The highest BCUT2D eigenvalue weighted by Gasteiger charge is 2.10. The summed E-state index contributed by atoms with van der Waals surface area (Å²) in [5, 5.41) is 2.48. The lowest BCUT2D eigenvalue weighted by Crippen LogP contribution is -1.98. The average molecular weight is 291 g/mol. The number of hydrogen-bond donors (Lipinski definition) is 0. The maximum absolute atomic E-state index is 12.1. The van der Waals surface area contributed by atoms with E-state index < -0.39 is 0 Å². The topological polar surface area (TPSA) is 26.3 Å². The van der Waals surface area contributed by atoms with Crippen molar-refractivity contribution in [2.45, 2.75) is 32.6 Å². The van der Waals surface area contributed by atoms with Gasteiger partial charge in [0.2, 0.25) is 0 Å². The number of ketones is 1. The SMILES string of the molecule is CCCCCC(=O)c1ccc2c(Cl)c(OC)ccc2c1. The van der Waals surface area contributed by atoms with Crippen LogP contribution in [0.3, 0.4) is 0 Å². The van der Waals surface area contributed by atoms with Crippen molar-refractivity contribution in [3.8, 4) is 5.75 Å². The Hall–Kier alpha value is -1.54. The Morgan fingerprint density at radius 3 is 2.70 bits per heavy atom. The van der Waals surface area contributed by atoms with Crippen LogP contribution >= 0.6 is 11.6 Å². The van der Waals surface area contributed by atoms with Crippen LogP contribution in [0.25, 0.3) is 10.8 Å². The molecule has 3 heteroatoms. The van der Waals surface area contributed by atoms with Crippen molar-refractivity contribution in [1.29, 1.82) is 0 Å². The molecule has 0 N–H and O–H groups in total. The fourth-order valence-corrected chi connectivity index (χ4v) is 2.60. The number of unbranched alkanes of at least 4 members (excludes halogenated alkanes) is 2. The summed E-state index contributed by atoms with van der Waals surface area (Å²) in [6.07, 6.45) is 3.79. The Morgan fingerprint density at radius 1 is 1.20 bits per heavy atom. The predicted molar refractivity (Wildman–Crippen MR) is 84.0 cm³/mol. The van der Waals surface area contributed by atoms with Crippen molar-refractivity contribution >= 4 is 28.2 Å². The zero-order valence-electron chi connectivity index (χ0n) is 11.9. The van der Waals surface area contributed by atoms with E-state index in [-0.39, 0.29) is 5.78 Å². The number of carbonyl (C=O) groups excluding carboxylic acids is 1. The number of carbonyl (C=O) groups is 1. The average Bonchev–Trinajstić information content (AvgIpc) is 2.47. The normalized spacial score (nSPS) is 10.8. The molecule has 2 rings (SSSR count). The maximum Gasteiger partial charge on any atom is 0.162 e. The Balaban J connectivity index is 2.28. The fourth-order valence-electron chi connectivity index (χ4n) is 2.28. The summed E-state index contributed by atoms with van der Waals surface area (Å²) in [6.45, 7) is 2.13. The molecule has 106 valence electrons. The van der Waals surface area contributed by atoms with E-state index in [0.717, 1.165) is 35.6 Å². The number of methoxy groups -OCH3 is 1. The maximum atomic E-state index is 12.1. The van der Waals surface area contributed by atoms with Crippen molar-refractivity contribution in [2.75, 3.05) is 7.11 Å². The highest BCUT2D eigenvalue weighted by atomic mass is 35.5. The Morgan fingerprint density at radius 2 is 2.00 bits per heavy atom. The van der Waals surface area contributed by atoms with E-state index in [9.17, 15) is 4.79 Å². The number of ether oxygens (including phenoxy) is 1. The molecule has 0 fully saturated rings. The van der Waals surface area contributed by atoms with Crippen molar-refractivity contribution in [3.63, 3.8) is 0 Å². The van der Waals surface area contributed by atoms with E-state index in [1.165, 1.54) is 0 Å². The molecule has 0 amide bonds. The largest absolute Gasteiger partial charge is 0.495 e. The van der Waals surface area contributed by atoms with Gasteiger partial charge in [-0.25, -0.2) is 0 Å². The molecule has 0 atom stereocenters. The summed E-state index contributed by atoms with van der Waals surface area (Å²) in [5.74, 6) is 0.855. The van der Waals surface area contributed by atoms with Gasteiger partial charge in [0, 0.05) is 17.4 Å². The minimum Gasteiger partial charge on any atom is -0.495 e. The second-order valence-corrected chi connectivity index (χ2v) is 5.28. The summed E-state index contributed by atoms with van der Waals surface area (Å²) < 4.78 is 5.20. The van der Waals surface area contributed by atoms with Gasteiger partial charge in [0.25, 0.3) is 0 Å². The van der Waals surface area contributed by atoms with Crippen molar-refractivity contribution in [2.24, 2.45) is 0 Å². The molecule has 0 aromatic heterocycles.